The van der Waals surface area contributed by atoms with E-state index >= 15 is 0 Å². The van der Waals surface area contributed by atoms with Crippen molar-refractivity contribution in [3.8, 4) is 0 Å². The van der Waals surface area contributed by atoms with Crippen LogP contribution >= 0.6 is 0 Å². The maximum absolute atomic E-state index is 10.8. The second kappa shape index (κ2) is 6.38. The highest BCUT2D eigenvalue weighted by Crippen LogP contribution is 2.23. The minimum Gasteiger partial charge on any atom is -0.300 e. The molecule has 1 nitrogen and oxygen atoms in total. The first-order chi connectivity index (χ1) is 5.30. The van der Waals surface area contributed by atoms with E-state index in [4.69, 9.17) is 0 Å². The zero-order chi connectivity index (χ0) is 8.69. The lowest BCUT2D eigenvalue weighted by molar-refractivity contribution is -0.121. The number of Topliss-reactive ketones (excluding diaryl/α,β-unsaturated/α-hetero) is 1. The van der Waals surface area contributed by atoms with Crippen molar-refractivity contribution >= 4 is 5.78 Å². The summed E-state index contributed by atoms with van der Waals surface area (Å²) in [6.45, 7) is 5.72. The van der Waals surface area contributed by atoms with E-state index < -0.39 is 0 Å². The van der Waals surface area contributed by atoms with Gasteiger partial charge in [-0.3, -0.25) is 4.79 Å². The van der Waals surface area contributed by atoms with Crippen LogP contribution in [-0.4, -0.2) is 5.78 Å². The smallest absolute Gasteiger partial charge is 0.132 e. The van der Waals surface area contributed by atoms with E-state index in [0.717, 1.165) is 12.8 Å². The SMILES string of the molecule is CC.CC(=O)C1CCCCC1.[HH]. The van der Waals surface area contributed by atoms with Gasteiger partial charge in [0.1, 0.15) is 5.78 Å². The molecular weight excluding hydrogens is 136 g/mol. The molecule has 0 spiro atoms. The third kappa shape index (κ3) is 4.18. The van der Waals surface area contributed by atoms with Crippen molar-refractivity contribution in [1.29, 1.82) is 0 Å². The first-order valence-corrected chi connectivity index (χ1v) is 4.81. The van der Waals surface area contributed by atoms with E-state index in [-0.39, 0.29) is 1.43 Å². The highest BCUT2D eigenvalue weighted by Gasteiger charge is 2.16. The largest absolute Gasteiger partial charge is 0.300 e. The van der Waals surface area contributed by atoms with E-state index in [9.17, 15) is 4.79 Å². The molecule has 1 saturated carbocycles. The number of hydrogen-bond donors (Lipinski definition) is 0. The van der Waals surface area contributed by atoms with Gasteiger partial charge in [0.05, 0.1) is 0 Å². The average molecular weight is 158 g/mol. The maximum atomic E-state index is 10.8. The molecule has 0 aliphatic heterocycles. The average Bonchev–Trinajstić information content (AvgIpc) is 2.10. The van der Waals surface area contributed by atoms with Gasteiger partial charge in [-0.1, -0.05) is 33.1 Å². The summed E-state index contributed by atoms with van der Waals surface area (Å²) in [5.74, 6) is 0.813. The molecule has 1 aliphatic carbocycles. The van der Waals surface area contributed by atoms with Crippen molar-refractivity contribution in [2.45, 2.75) is 52.9 Å². The Balaban J connectivity index is 0. The molecule has 0 unspecified atom stereocenters. The number of hydrogen-bond acceptors (Lipinski definition) is 1. The first-order valence-electron chi connectivity index (χ1n) is 4.81. The fourth-order valence-corrected chi connectivity index (χ4v) is 1.51. The molecule has 0 radical (unpaired) electrons. The molecule has 1 rings (SSSR count). The molecular formula is C10H22O. The minimum absolute atomic E-state index is 0. The van der Waals surface area contributed by atoms with E-state index in [0.29, 0.717) is 11.7 Å². The van der Waals surface area contributed by atoms with Gasteiger partial charge in [0.2, 0.25) is 0 Å². The Morgan fingerprint density at radius 1 is 1.18 bits per heavy atom. The van der Waals surface area contributed by atoms with Crippen molar-refractivity contribution in [2.75, 3.05) is 0 Å². The van der Waals surface area contributed by atoms with Gasteiger partial charge in [0.25, 0.3) is 0 Å². The topological polar surface area (TPSA) is 17.1 Å². The van der Waals surface area contributed by atoms with Crippen molar-refractivity contribution in [3.05, 3.63) is 0 Å². The molecule has 0 saturated heterocycles. The van der Waals surface area contributed by atoms with Gasteiger partial charge < -0.3 is 0 Å². The summed E-state index contributed by atoms with van der Waals surface area (Å²) in [6.07, 6.45) is 6.17. The quantitative estimate of drug-likeness (QED) is 0.571. The summed E-state index contributed by atoms with van der Waals surface area (Å²) in [6, 6.07) is 0. The standard InChI is InChI=1S/C8H14O.C2H6.H2/c1-7(9)8-5-3-2-4-6-8;1-2;/h8H,2-6H2,1H3;1-2H3;1H. The van der Waals surface area contributed by atoms with Crippen LogP contribution in [0.3, 0.4) is 0 Å². The predicted molar refractivity (Wildman–Crippen MR) is 50.7 cm³/mol. The zero-order valence-corrected chi connectivity index (χ0v) is 8.02. The molecule has 68 valence electrons. The van der Waals surface area contributed by atoms with Crippen LogP contribution in [0, 0.1) is 5.92 Å². The molecule has 1 fully saturated rings. The minimum atomic E-state index is 0. The van der Waals surface area contributed by atoms with Gasteiger partial charge >= 0.3 is 0 Å². The Labute approximate surface area is 71.7 Å². The van der Waals surface area contributed by atoms with Crippen LogP contribution in [0.4, 0.5) is 0 Å². The second-order valence-corrected chi connectivity index (χ2v) is 2.95. The van der Waals surface area contributed by atoms with Crippen molar-refractivity contribution in [3.63, 3.8) is 0 Å². The van der Waals surface area contributed by atoms with Crippen LogP contribution in [0.25, 0.3) is 0 Å². The summed E-state index contributed by atoms with van der Waals surface area (Å²) >= 11 is 0. The summed E-state index contributed by atoms with van der Waals surface area (Å²) in [7, 11) is 0. The number of ketones is 1. The lowest BCUT2D eigenvalue weighted by atomic mass is 9.87. The highest BCUT2D eigenvalue weighted by atomic mass is 16.1. The molecule has 0 amide bonds. The lowest BCUT2D eigenvalue weighted by Crippen LogP contribution is -2.13. The highest BCUT2D eigenvalue weighted by molar-refractivity contribution is 5.78. The molecule has 1 aliphatic rings. The van der Waals surface area contributed by atoms with E-state index in [1.54, 1.807) is 6.92 Å². The third-order valence-corrected chi connectivity index (χ3v) is 2.18. The summed E-state index contributed by atoms with van der Waals surface area (Å²) in [5, 5.41) is 0. The maximum Gasteiger partial charge on any atom is 0.132 e. The molecule has 1 heteroatoms. The van der Waals surface area contributed by atoms with E-state index in [1.807, 2.05) is 13.8 Å². The normalized spacial score (nSPS) is 18.5. The van der Waals surface area contributed by atoms with Gasteiger partial charge in [0, 0.05) is 7.34 Å². The number of carbonyl (C=O) groups is 1. The van der Waals surface area contributed by atoms with Gasteiger partial charge in [0.15, 0.2) is 0 Å². The van der Waals surface area contributed by atoms with Gasteiger partial charge in [-0.15, -0.1) is 0 Å². The van der Waals surface area contributed by atoms with E-state index in [1.165, 1.54) is 19.3 Å². The Hall–Kier alpha value is -0.330. The van der Waals surface area contributed by atoms with Gasteiger partial charge in [-0.05, 0) is 19.8 Å². The molecule has 11 heavy (non-hydrogen) atoms. The van der Waals surface area contributed by atoms with Crippen LogP contribution < -0.4 is 0 Å². The molecule has 0 aromatic heterocycles. The van der Waals surface area contributed by atoms with Gasteiger partial charge in [-0.2, -0.15) is 0 Å². The van der Waals surface area contributed by atoms with Crippen LogP contribution in [0.2, 0.25) is 0 Å². The Morgan fingerprint density at radius 2 is 1.64 bits per heavy atom. The number of carbonyl (C=O) groups excluding carboxylic acids is 1. The molecule has 0 atom stereocenters. The summed E-state index contributed by atoms with van der Waals surface area (Å²) in [5.41, 5.74) is 0. The van der Waals surface area contributed by atoms with Crippen molar-refractivity contribution < 1.29 is 6.22 Å². The first kappa shape index (κ1) is 10.7. The Kier molecular flexibility index (Phi) is 6.19. The van der Waals surface area contributed by atoms with Crippen molar-refractivity contribution in [2.24, 2.45) is 5.92 Å². The van der Waals surface area contributed by atoms with Crippen LogP contribution in [-0.2, 0) is 4.79 Å². The van der Waals surface area contributed by atoms with Gasteiger partial charge in [-0.25, -0.2) is 0 Å². The predicted octanol–water partition coefficient (Wildman–Crippen LogP) is 3.43. The number of rotatable bonds is 1. The van der Waals surface area contributed by atoms with E-state index in [2.05, 4.69) is 0 Å². The lowest BCUT2D eigenvalue weighted by Gasteiger charge is -2.17. The Morgan fingerprint density at radius 3 is 1.91 bits per heavy atom. The third-order valence-electron chi connectivity index (χ3n) is 2.18. The van der Waals surface area contributed by atoms with Crippen LogP contribution in [0.15, 0.2) is 0 Å². The molecule has 0 heterocycles. The molecule has 0 N–H and O–H groups in total. The van der Waals surface area contributed by atoms with Crippen molar-refractivity contribution in [1.82, 2.24) is 0 Å². The van der Waals surface area contributed by atoms with Crippen LogP contribution in [0.1, 0.15) is 54.3 Å². The zero-order valence-electron chi connectivity index (χ0n) is 8.02. The molecule has 0 aromatic rings. The summed E-state index contributed by atoms with van der Waals surface area (Å²) in [4.78, 5) is 10.8. The van der Waals surface area contributed by atoms with Crippen LogP contribution in [0.5, 0.6) is 0 Å². The second-order valence-electron chi connectivity index (χ2n) is 2.95. The monoisotopic (exact) mass is 158 g/mol. The molecule has 0 aromatic carbocycles. The molecule has 0 bridgehead atoms. The fourth-order valence-electron chi connectivity index (χ4n) is 1.51. The summed E-state index contributed by atoms with van der Waals surface area (Å²) < 4.78 is 0. The fraction of sp³-hybridized carbons (Fsp3) is 0.900. The Bertz CT molecular complexity index is 106.